The van der Waals surface area contributed by atoms with Crippen molar-refractivity contribution in [2.45, 2.75) is 32.2 Å². The highest BCUT2D eigenvalue weighted by Gasteiger charge is 2.50. The molecule has 4 rings (SSSR count). The molecule has 2 nitrogen and oxygen atoms in total. The van der Waals surface area contributed by atoms with Gasteiger partial charge in [-0.25, -0.2) is 0 Å². The monoisotopic (exact) mass is 400 g/mol. The summed E-state index contributed by atoms with van der Waals surface area (Å²) in [5, 5.41) is 2.42. The molecule has 0 heterocycles. The maximum atomic E-state index is 13.0. The first-order valence-corrected chi connectivity index (χ1v) is 12.2. The van der Waals surface area contributed by atoms with Gasteiger partial charge in [-0.1, -0.05) is 106 Å². The molecular weight excluding hydrogens is 372 g/mol. The molecule has 1 aliphatic rings. The molecule has 0 saturated carbocycles. The summed E-state index contributed by atoms with van der Waals surface area (Å²) in [4.78, 5) is 13.0. The molecule has 3 heteroatoms. The summed E-state index contributed by atoms with van der Waals surface area (Å²) in [6.45, 7) is 7.26. The van der Waals surface area contributed by atoms with E-state index in [1.165, 1.54) is 10.4 Å². The van der Waals surface area contributed by atoms with Crippen LogP contribution >= 0.6 is 0 Å². The van der Waals surface area contributed by atoms with Crippen LogP contribution in [0.4, 0.5) is 0 Å². The van der Waals surface area contributed by atoms with Gasteiger partial charge in [0.25, 0.3) is 8.32 Å². The van der Waals surface area contributed by atoms with Gasteiger partial charge in [0.05, 0.1) is 0 Å². The van der Waals surface area contributed by atoms with Crippen molar-refractivity contribution in [1.82, 2.24) is 0 Å². The van der Waals surface area contributed by atoms with Gasteiger partial charge in [0, 0.05) is 18.1 Å². The quantitative estimate of drug-likeness (QED) is 0.584. The zero-order valence-corrected chi connectivity index (χ0v) is 18.4. The van der Waals surface area contributed by atoms with Crippen LogP contribution in [0.2, 0.25) is 5.04 Å². The van der Waals surface area contributed by atoms with Crippen LogP contribution in [0.15, 0.2) is 84.9 Å². The zero-order chi connectivity index (χ0) is 20.5. The van der Waals surface area contributed by atoms with Gasteiger partial charge >= 0.3 is 0 Å². The van der Waals surface area contributed by atoms with E-state index in [2.05, 4.69) is 75.4 Å². The first-order valence-electron chi connectivity index (χ1n) is 10.3. The molecule has 0 spiro atoms. The lowest BCUT2D eigenvalue weighted by molar-refractivity contribution is 0.0890. The molecule has 0 aromatic heterocycles. The van der Waals surface area contributed by atoms with Crippen LogP contribution in [0.5, 0.6) is 0 Å². The van der Waals surface area contributed by atoms with Crippen molar-refractivity contribution in [3.05, 3.63) is 96.1 Å². The summed E-state index contributed by atoms with van der Waals surface area (Å²) >= 11 is 0. The maximum absolute atomic E-state index is 13.0. The van der Waals surface area contributed by atoms with Crippen molar-refractivity contribution in [1.29, 1.82) is 0 Å². The third-order valence-electron chi connectivity index (χ3n) is 6.04. The van der Waals surface area contributed by atoms with Crippen molar-refractivity contribution < 1.29 is 9.22 Å². The second-order valence-corrected chi connectivity index (χ2v) is 13.2. The van der Waals surface area contributed by atoms with E-state index in [4.69, 9.17) is 4.43 Å². The van der Waals surface area contributed by atoms with Crippen molar-refractivity contribution in [2.75, 3.05) is 6.61 Å². The van der Waals surface area contributed by atoms with Crippen LogP contribution in [0, 0.1) is 5.92 Å². The second kappa shape index (κ2) is 7.73. The largest absolute Gasteiger partial charge is 0.407 e. The molecule has 0 aliphatic heterocycles. The van der Waals surface area contributed by atoms with E-state index in [1.54, 1.807) is 0 Å². The third-order valence-corrected chi connectivity index (χ3v) is 11.0. The predicted octanol–water partition coefficient (Wildman–Crippen LogP) is 4.62. The molecule has 3 aromatic carbocycles. The molecule has 0 N–H and O–H groups in total. The Balaban J connectivity index is 1.73. The fourth-order valence-corrected chi connectivity index (χ4v) is 9.25. The Bertz CT molecular complexity index is 950. The van der Waals surface area contributed by atoms with Crippen molar-refractivity contribution >= 4 is 24.5 Å². The lowest BCUT2D eigenvalue weighted by Gasteiger charge is -2.43. The van der Waals surface area contributed by atoms with Gasteiger partial charge in [-0.2, -0.15) is 0 Å². The normalized spacial score (nSPS) is 16.7. The Kier molecular flexibility index (Phi) is 5.28. The molecule has 0 saturated heterocycles. The van der Waals surface area contributed by atoms with Crippen LogP contribution in [-0.4, -0.2) is 20.7 Å². The standard InChI is InChI=1S/C26H28O2Si/c1-26(2,3)29(22-13-6-4-7-14-22,23-15-8-5-9-16-23)28-19-21-18-20-12-10-11-17-24(20)25(21)27/h4-17,21H,18-19H2,1-3H3. The Morgan fingerprint density at radius 2 is 1.34 bits per heavy atom. The van der Waals surface area contributed by atoms with Crippen LogP contribution in [0.25, 0.3) is 0 Å². The molecule has 148 valence electrons. The van der Waals surface area contributed by atoms with Gasteiger partial charge < -0.3 is 4.43 Å². The Morgan fingerprint density at radius 3 is 1.86 bits per heavy atom. The number of hydrogen-bond acceptors (Lipinski definition) is 2. The van der Waals surface area contributed by atoms with Crippen molar-refractivity contribution in [3.63, 3.8) is 0 Å². The van der Waals surface area contributed by atoms with Gasteiger partial charge in [0.1, 0.15) is 0 Å². The minimum absolute atomic E-state index is 0.0792. The van der Waals surface area contributed by atoms with E-state index < -0.39 is 8.32 Å². The SMILES string of the molecule is CC(C)(C)[Si](OCC1Cc2ccccc2C1=O)(c1ccccc1)c1ccccc1. The molecule has 1 unspecified atom stereocenters. The zero-order valence-electron chi connectivity index (χ0n) is 17.4. The second-order valence-electron chi connectivity index (χ2n) is 8.90. The number of ketones is 1. The summed E-state index contributed by atoms with van der Waals surface area (Å²) in [6, 6.07) is 29.2. The van der Waals surface area contributed by atoms with E-state index >= 15 is 0 Å². The summed E-state index contributed by atoms with van der Waals surface area (Å²) < 4.78 is 6.97. The number of benzene rings is 3. The molecule has 0 fully saturated rings. The summed E-state index contributed by atoms with van der Waals surface area (Å²) in [7, 11) is -2.60. The first-order chi connectivity index (χ1) is 13.9. The van der Waals surface area contributed by atoms with E-state index in [0.29, 0.717) is 6.61 Å². The maximum Gasteiger partial charge on any atom is 0.261 e. The summed E-state index contributed by atoms with van der Waals surface area (Å²) in [5.41, 5.74) is 2.01. The number of rotatable bonds is 5. The average Bonchev–Trinajstić information content (AvgIpc) is 3.05. The molecule has 0 radical (unpaired) electrons. The first kappa shape index (κ1) is 19.8. The fourth-order valence-electron chi connectivity index (χ4n) is 4.64. The van der Waals surface area contributed by atoms with E-state index in [0.717, 1.165) is 17.5 Å². The van der Waals surface area contributed by atoms with Crippen LogP contribution in [-0.2, 0) is 10.8 Å². The van der Waals surface area contributed by atoms with Gasteiger partial charge in [-0.05, 0) is 27.4 Å². The number of Topliss-reactive ketones (excluding diaryl/α,β-unsaturated/α-hetero) is 1. The predicted molar refractivity (Wildman–Crippen MR) is 122 cm³/mol. The Hall–Kier alpha value is -2.49. The molecule has 3 aromatic rings. The minimum atomic E-state index is -2.60. The highest BCUT2D eigenvalue weighted by atomic mass is 28.4. The smallest absolute Gasteiger partial charge is 0.261 e. The van der Waals surface area contributed by atoms with Gasteiger partial charge in [0.15, 0.2) is 5.78 Å². The number of hydrogen-bond donors (Lipinski definition) is 0. The number of fused-ring (bicyclic) bond motifs is 1. The highest BCUT2D eigenvalue weighted by Crippen LogP contribution is 2.38. The lowest BCUT2D eigenvalue weighted by Crippen LogP contribution is -2.67. The van der Waals surface area contributed by atoms with Crippen molar-refractivity contribution in [3.8, 4) is 0 Å². The molecule has 1 atom stereocenters. The van der Waals surface area contributed by atoms with Gasteiger partial charge in [-0.15, -0.1) is 0 Å². The highest BCUT2D eigenvalue weighted by molar-refractivity contribution is 6.99. The Morgan fingerprint density at radius 1 is 0.828 bits per heavy atom. The fraction of sp³-hybridized carbons (Fsp3) is 0.269. The average molecular weight is 401 g/mol. The van der Waals surface area contributed by atoms with Crippen LogP contribution < -0.4 is 10.4 Å². The van der Waals surface area contributed by atoms with E-state index in [-0.39, 0.29) is 16.7 Å². The van der Waals surface area contributed by atoms with Crippen LogP contribution in [0.3, 0.4) is 0 Å². The number of carbonyl (C=O) groups is 1. The summed E-state index contributed by atoms with van der Waals surface area (Å²) in [5.74, 6) is 0.118. The molecule has 0 bridgehead atoms. The summed E-state index contributed by atoms with van der Waals surface area (Å²) in [6.07, 6.45) is 0.771. The van der Waals surface area contributed by atoms with Crippen LogP contribution in [0.1, 0.15) is 36.7 Å². The van der Waals surface area contributed by atoms with E-state index in [1.807, 2.05) is 30.3 Å². The van der Waals surface area contributed by atoms with Crippen molar-refractivity contribution in [2.24, 2.45) is 5.92 Å². The lowest BCUT2D eigenvalue weighted by atomic mass is 10.1. The molecular formula is C26H28O2Si. The van der Waals surface area contributed by atoms with Gasteiger partial charge in [0.2, 0.25) is 0 Å². The Labute approximate surface area is 174 Å². The molecule has 1 aliphatic carbocycles. The topological polar surface area (TPSA) is 26.3 Å². The van der Waals surface area contributed by atoms with E-state index in [9.17, 15) is 4.79 Å². The third kappa shape index (κ3) is 3.49. The van der Waals surface area contributed by atoms with Gasteiger partial charge in [-0.3, -0.25) is 4.79 Å². The molecule has 0 amide bonds. The number of carbonyl (C=O) groups excluding carboxylic acids is 1. The molecule has 29 heavy (non-hydrogen) atoms. The minimum Gasteiger partial charge on any atom is -0.407 e.